The molecule has 5 rings (SSSR count). The number of ether oxygens (including phenoxy) is 2. The molecule has 212 valence electrons. The third kappa shape index (κ3) is 5.60. The molecule has 0 N–H and O–H groups in total. The zero-order valence-corrected chi connectivity index (χ0v) is 25.5. The van der Waals surface area contributed by atoms with Gasteiger partial charge in [-0.15, -0.1) is 0 Å². The molecule has 6 heteroatoms. The Hall–Kier alpha value is -3.71. The van der Waals surface area contributed by atoms with E-state index in [4.69, 9.17) is 13.9 Å². The molecule has 0 bridgehead atoms. The molecule has 4 aromatic rings. The van der Waals surface area contributed by atoms with Crippen molar-refractivity contribution in [3.8, 4) is 5.75 Å². The Kier molecular flexibility index (Phi) is 8.45. The lowest BCUT2D eigenvalue weighted by atomic mass is 9.92. The van der Waals surface area contributed by atoms with E-state index in [1.54, 1.807) is 7.11 Å². The lowest BCUT2D eigenvalue weighted by molar-refractivity contribution is -0.147. The molecule has 41 heavy (non-hydrogen) atoms. The summed E-state index contributed by atoms with van der Waals surface area (Å²) in [5.41, 5.74) is 1.83. The fraction of sp³-hybridized carbons (Fsp3) is 0.286. The molecule has 1 aliphatic heterocycles. The van der Waals surface area contributed by atoms with E-state index in [2.05, 4.69) is 76.2 Å². The van der Waals surface area contributed by atoms with Crippen LogP contribution in [0.1, 0.15) is 33.3 Å². The van der Waals surface area contributed by atoms with Crippen molar-refractivity contribution < 1.29 is 18.7 Å². The summed E-state index contributed by atoms with van der Waals surface area (Å²) in [7, 11) is -1.22. The second-order valence-electron chi connectivity index (χ2n) is 11.6. The minimum atomic E-state index is -2.85. The Morgan fingerprint density at radius 1 is 0.780 bits per heavy atom. The van der Waals surface area contributed by atoms with Gasteiger partial charge in [0.2, 0.25) is 0 Å². The lowest BCUT2D eigenvalue weighted by Gasteiger charge is -2.52. The van der Waals surface area contributed by atoms with Crippen LogP contribution in [0.25, 0.3) is 0 Å². The van der Waals surface area contributed by atoms with E-state index in [0.717, 1.165) is 17.0 Å². The molecular formula is C35H39NO4Si. The Bertz CT molecular complexity index is 1380. The van der Waals surface area contributed by atoms with Gasteiger partial charge >= 0.3 is 0 Å². The monoisotopic (exact) mass is 565 g/mol. The van der Waals surface area contributed by atoms with Crippen molar-refractivity contribution in [3.63, 3.8) is 0 Å². The van der Waals surface area contributed by atoms with E-state index in [-0.39, 0.29) is 23.1 Å². The Balaban J connectivity index is 1.54. The predicted molar refractivity (Wildman–Crippen MR) is 167 cm³/mol. The van der Waals surface area contributed by atoms with Gasteiger partial charge in [-0.2, -0.15) is 0 Å². The molecular weight excluding hydrogens is 526 g/mol. The zero-order valence-electron chi connectivity index (χ0n) is 24.5. The highest BCUT2D eigenvalue weighted by Gasteiger charge is 2.57. The Morgan fingerprint density at radius 2 is 1.29 bits per heavy atom. The molecule has 1 fully saturated rings. The molecule has 1 saturated heterocycles. The van der Waals surface area contributed by atoms with Crippen LogP contribution >= 0.6 is 0 Å². The number of β-lactam (4-membered cyclic amide) rings is 1. The van der Waals surface area contributed by atoms with Gasteiger partial charge < -0.3 is 18.8 Å². The van der Waals surface area contributed by atoms with Crippen molar-refractivity contribution in [2.45, 2.75) is 57.6 Å². The third-order valence-corrected chi connectivity index (χ3v) is 13.1. The van der Waals surface area contributed by atoms with Crippen molar-refractivity contribution in [3.05, 3.63) is 121 Å². The summed E-state index contributed by atoms with van der Waals surface area (Å²) < 4.78 is 19.1. The first-order valence-corrected chi connectivity index (χ1v) is 16.1. The van der Waals surface area contributed by atoms with Crippen LogP contribution in [0.3, 0.4) is 0 Å². The standard InChI is InChI=1S/C35H39NO4Si/c1-26(40-41(35(2,3)4,30-17-11-7-12-18-30)31-19-13-8-14-20-31)32-33(39-25-27-15-9-6-10-16-27)34(37)36(32)28-21-23-29(38-5)24-22-28/h6-24,26,32-33H,25H2,1-5H3/t26-,32+,33-/m0/s1. The van der Waals surface area contributed by atoms with Gasteiger partial charge in [0.1, 0.15) is 5.75 Å². The minimum Gasteiger partial charge on any atom is -0.497 e. The number of methoxy groups -OCH3 is 1. The maximum atomic E-state index is 13.7. The quantitative estimate of drug-likeness (QED) is 0.176. The largest absolute Gasteiger partial charge is 0.497 e. The molecule has 0 saturated carbocycles. The van der Waals surface area contributed by atoms with Crippen molar-refractivity contribution in [1.82, 2.24) is 0 Å². The summed E-state index contributed by atoms with van der Waals surface area (Å²) in [4.78, 5) is 15.5. The first kappa shape index (κ1) is 28.8. The first-order valence-electron chi connectivity index (χ1n) is 14.2. The topological polar surface area (TPSA) is 48.0 Å². The average Bonchev–Trinajstić information content (AvgIpc) is 2.99. The molecule has 0 aliphatic carbocycles. The van der Waals surface area contributed by atoms with Crippen molar-refractivity contribution in [2.24, 2.45) is 0 Å². The van der Waals surface area contributed by atoms with Crippen LogP contribution in [0, 0.1) is 0 Å². The van der Waals surface area contributed by atoms with E-state index in [1.807, 2.05) is 71.6 Å². The van der Waals surface area contributed by atoms with Gasteiger partial charge in [-0.25, -0.2) is 0 Å². The van der Waals surface area contributed by atoms with E-state index in [9.17, 15) is 4.79 Å². The van der Waals surface area contributed by atoms with Gasteiger partial charge in [-0.3, -0.25) is 4.79 Å². The second-order valence-corrected chi connectivity index (χ2v) is 15.9. The normalized spacial score (nSPS) is 18.1. The van der Waals surface area contributed by atoms with Crippen LogP contribution in [0.5, 0.6) is 5.75 Å². The molecule has 0 radical (unpaired) electrons. The smallest absolute Gasteiger partial charge is 0.261 e. The van der Waals surface area contributed by atoms with Crippen molar-refractivity contribution in [1.29, 1.82) is 0 Å². The van der Waals surface area contributed by atoms with Crippen molar-refractivity contribution >= 4 is 30.3 Å². The van der Waals surface area contributed by atoms with Crippen LogP contribution in [0.4, 0.5) is 5.69 Å². The summed E-state index contributed by atoms with van der Waals surface area (Å²) in [6.45, 7) is 9.25. The number of carbonyl (C=O) groups excluding carboxylic acids is 1. The summed E-state index contributed by atoms with van der Waals surface area (Å²) in [6.07, 6.45) is -0.938. The summed E-state index contributed by atoms with van der Waals surface area (Å²) in [6, 6.07) is 38.5. The molecule has 4 aromatic carbocycles. The van der Waals surface area contributed by atoms with Crippen molar-refractivity contribution in [2.75, 3.05) is 12.0 Å². The van der Waals surface area contributed by atoms with Crippen LogP contribution in [0.2, 0.25) is 5.04 Å². The first-order chi connectivity index (χ1) is 19.8. The maximum absolute atomic E-state index is 13.7. The van der Waals surface area contributed by atoms with E-state index >= 15 is 0 Å². The van der Waals surface area contributed by atoms with Gasteiger partial charge in [0, 0.05) is 5.69 Å². The fourth-order valence-electron chi connectivity index (χ4n) is 5.95. The number of anilines is 1. The minimum absolute atomic E-state index is 0.0611. The van der Waals surface area contributed by atoms with Crippen LogP contribution in [0.15, 0.2) is 115 Å². The van der Waals surface area contributed by atoms with E-state index < -0.39 is 14.4 Å². The number of rotatable bonds is 10. The average molecular weight is 566 g/mol. The van der Waals surface area contributed by atoms with Gasteiger partial charge in [0.05, 0.1) is 25.9 Å². The molecule has 5 nitrogen and oxygen atoms in total. The van der Waals surface area contributed by atoms with Gasteiger partial charge in [0.25, 0.3) is 14.2 Å². The maximum Gasteiger partial charge on any atom is 0.261 e. The van der Waals surface area contributed by atoms with Gasteiger partial charge in [0.15, 0.2) is 6.10 Å². The zero-order chi connectivity index (χ0) is 29.0. The summed E-state index contributed by atoms with van der Waals surface area (Å²) >= 11 is 0. The van der Waals surface area contributed by atoms with Crippen LogP contribution in [-0.2, 0) is 20.6 Å². The van der Waals surface area contributed by atoms with E-state index in [1.165, 1.54) is 10.4 Å². The van der Waals surface area contributed by atoms with Gasteiger partial charge in [-0.05, 0) is 52.2 Å². The molecule has 0 unspecified atom stereocenters. The predicted octanol–water partition coefficient (Wildman–Crippen LogP) is 5.96. The Labute approximate surface area is 244 Å². The van der Waals surface area contributed by atoms with Gasteiger partial charge in [-0.1, -0.05) is 112 Å². The molecule has 3 atom stereocenters. The highest BCUT2D eigenvalue weighted by atomic mass is 28.4. The van der Waals surface area contributed by atoms with Crippen LogP contribution < -0.4 is 20.0 Å². The SMILES string of the molecule is COc1ccc(N2C(=O)[C@@H](OCc3ccccc3)[C@H]2[C@H](C)O[Si](c2ccccc2)(c2ccccc2)C(C)(C)C)cc1. The Morgan fingerprint density at radius 3 is 1.78 bits per heavy atom. The van der Waals surface area contributed by atoms with E-state index in [0.29, 0.717) is 6.61 Å². The molecule has 0 aromatic heterocycles. The molecule has 1 amide bonds. The molecule has 1 aliphatic rings. The highest BCUT2D eigenvalue weighted by molar-refractivity contribution is 6.99. The molecule has 0 spiro atoms. The number of benzene rings is 4. The number of hydrogen-bond acceptors (Lipinski definition) is 4. The number of nitrogens with zero attached hydrogens (tertiary/aromatic N) is 1. The second kappa shape index (κ2) is 12.0. The highest BCUT2D eigenvalue weighted by Crippen LogP contribution is 2.41. The summed E-state index contributed by atoms with van der Waals surface area (Å²) in [5, 5.41) is 2.21. The lowest BCUT2D eigenvalue weighted by Crippen LogP contribution is -2.74. The third-order valence-electron chi connectivity index (χ3n) is 7.97. The fourth-order valence-corrected chi connectivity index (χ4v) is 10.7. The number of carbonyl (C=O) groups is 1. The van der Waals surface area contributed by atoms with Crippen LogP contribution in [-0.4, -0.2) is 39.6 Å². The molecule has 1 heterocycles. The summed E-state index contributed by atoms with van der Waals surface area (Å²) in [5.74, 6) is 0.681. The number of hydrogen-bond donors (Lipinski definition) is 0. The number of amides is 1.